The molecule has 4 aromatic rings. The lowest BCUT2D eigenvalue weighted by Gasteiger charge is -2.08. The molecule has 0 saturated carbocycles. The molecule has 0 fully saturated rings. The predicted octanol–water partition coefficient (Wildman–Crippen LogP) is 4.82. The normalized spacial score (nSPS) is 10.7. The zero-order chi connectivity index (χ0) is 22.5. The van der Waals surface area contributed by atoms with Crippen LogP contribution >= 0.6 is 23.1 Å². The van der Waals surface area contributed by atoms with Crippen molar-refractivity contribution < 1.29 is 14.3 Å². The lowest BCUT2D eigenvalue weighted by Crippen LogP contribution is -2.16. The number of aromatic nitrogens is 3. The second-order valence-electron chi connectivity index (χ2n) is 6.75. The van der Waals surface area contributed by atoms with Crippen molar-refractivity contribution in [3.8, 4) is 16.8 Å². The number of carbonyl (C=O) groups is 2. The van der Waals surface area contributed by atoms with E-state index in [2.05, 4.69) is 15.5 Å². The number of ether oxygens (including phenoxy) is 1. The Hall–Kier alpha value is -3.43. The first-order valence-electron chi connectivity index (χ1n) is 9.73. The number of methoxy groups -OCH3 is 1. The Morgan fingerprint density at radius 1 is 1.09 bits per heavy atom. The number of thioether (sulfide) groups is 1. The molecule has 2 aromatic carbocycles. The molecule has 0 aliphatic heterocycles. The van der Waals surface area contributed by atoms with Gasteiger partial charge in [0.15, 0.2) is 5.16 Å². The van der Waals surface area contributed by atoms with Crippen LogP contribution in [0.4, 0.5) is 5.00 Å². The Bertz CT molecular complexity index is 1240. The molecule has 32 heavy (non-hydrogen) atoms. The number of rotatable bonds is 7. The maximum Gasteiger partial charge on any atom is 0.341 e. The van der Waals surface area contributed by atoms with E-state index >= 15 is 0 Å². The number of anilines is 1. The number of aryl methyl sites for hydroxylation is 1. The highest BCUT2D eigenvalue weighted by Crippen LogP contribution is 2.40. The lowest BCUT2D eigenvalue weighted by atomic mass is 10.0. The third-order valence-electron chi connectivity index (χ3n) is 4.67. The molecule has 1 N–H and O–H groups in total. The van der Waals surface area contributed by atoms with Crippen LogP contribution in [0.2, 0.25) is 0 Å². The third-order valence-corrected chi connectivity index (χ3v) is 6.64. The molecule has 0 radical (unpaired) electrons. The summed E-state index contributed by atoms with van der Waals surface area (Å²) < 4.78 is 6.83. The predicted molar refractivity (Wildman–Crippen MR) is 127 cm³/mol. The lowest BCUT2D eigenvalue weighted by molar-refractivity contribution is -0.113. The third kappa shape index (κ3) is 4.58. The Balaban J connectivity index is 1.53. The van der Waals surface area contributed by atoms with Gasteiger partial charge in [-0.3, -0.25) is 9.36 Å². The van der Waals surface area contributed by atoms with E-state index in [0.717, 1.165) is 21.7 Å². The number of thiophene rings is 1. The van der Waals surface area contributed by atoms with Crippen molar-refractivity contribution in [2.45, 2.75) is 12.1 Å². The first-order valence-corrected chi connectivity index (χ1v) is 11.5. The van der Waals surface area contributed by atoms with Gasteiger partial charge in [0.2, 0.25) is 5.91 Å². The molecule has 0 unspecified atom stereocenters. The van der Waals surface area contributed by atoms with Gasteiger partial charge in [-0.05, 0) is 24.6 Å². The van der Waals surface area contributed by atoms with Crippen molar-refractivity contribution in [2.24, 2.45) is 0 Å². The van der Waals surface area contributed by atoms with Gasteiger partial charge in [-0.1, -0.05) is 60.3 Å². The molecular formula is C23H20N4O3S2. The van der Waals surface area contributed by atoms with Crippen molar-refractivity contribution in [2.75, 3.05) is 18.2 Å². The summed E-state index contributed by atoms with van der Waals surface area (Å²) in [6.45, 7) is 1.92. The average Bonchev–Trinajstić information content (AvgIpc) is 3.42. The summed E-state index contributed by atoms with van der Waals surface area (Å²) in [5.41, 5.74) is 2.95. The molecular weight excluding hydrogens is 444 g/mol. The number of esters is 1. The number of amides is 1. The molecule has 0 spiro atoms. The van der Waals surface area contributed by atoms with Gasteiger partial charge in [0.1, 0.15) is 16.9 Å². The Labute approximate surface area is 193 Å². The number of carbonyl (C=O) groups excluding carboxylic acids is 2. The van der Waals surface area contributed by atoms with E-state index in [1.54, 1.807) is 6.33 Å². The van der Waals surface area contributed by atoms with E-state index in [0.29, 0.717) is 15.7 Å². The molecule has 4 rings (SSSR count). The molecule has 0 aliphatic carbocycles. The molecule has 2 aromatic heterocycles. The molecule has 0 saturated heterocycles. The summed E-state index contributed by atoms with van der Waals surface area (Å²) in [5, 5.41) is 12.0. The molecule has 9 heteroatoms. The van der Waals surface area contributed by atoms with Crippen LogP contribution in [-0.4, -0.2) is 39.5 Å². The molecule has 162 valence electrons. The van der Waals surface area contributed by atoms with Crippen molar-refractivity contribution >= 4 is 40.0 Å². The van der Waals surface area contributed by atoms with Crippen LogP contribution in [0.15, 0.2) is 72.1 Å². The standard InChI is InChI=1S/C23H20N4O3S2/c1-15-19(16-9-5-3-6-10-16)20(22(29)30-2)21(32-15)25-18(28)13-31-23-26-24-14-27(23)17-11-7-4-8-12-17/h3-12,14H,13H2,1-2H3,(H,25,28). The van der Waals surface area contributed by atoms with Gasteiger partial charge >= 0.3 is 5.97 Å². The van der Waals surface area contributed by atoms with Gasteiger partial charge in [-0.25, -0.2) is 4.79 Å². The molecule has 2 heterocycles. The van der Waals surface area contributed by atoms with Gasteiger partial charge in [-0.2, -0.15) is 0 Å². The highest BCUT2D eigenvalue weighted by Gasteiger charge is 2.25. The van der Waals surface area contributed by atoms with E-state index in [1.807, 2.05) is 72.2 Å². The number of hydrogen-bond donors (Lipinski definition) is 1. The number of nitrogens with zero attached hydrogens (tertiary/aromatic N) is 3. The fourth-order valence-electron chi connectivity index (χ4n) is 3.26. The van der Waals surface area contributed by atoms with Crippen molar-refractivity contribution in [1.82, 2.24) is 14.8 Å². The van der Waals surface area contributed by atoms with Crippen LogP contribution in [0, 0.1) is 6.92 Å². The largest absolute Gasteiger partial charge is 0.465 e. The van der Waals surface area contributed by atoms with Crippen LogP contribution < -0.4 is 5.32 Å². The van der Waals surface area contributed by atoms with E-state index in [-0.39, 0.29) is 11.7 Å². The fourth-order valence-corrected chi connectivity index (χ4v) is 5.07. The van der Waals surface area contributed by atoms with Crippen LogP contribution in [0.3, 0.4) is 0 Å². The SMILES string of the molecule is COC(=O)c1c(NC(=O)CSc2nncn2-c2ccccc2)sc(C)c1-c1ccccc1. The molecule has 1 amide bonds. The zero-order valence-corrected chi connectivity index (χ0v) is 19.1. The van der Waals surface area contributed by atoms with Crippen LogP contribution in [0.5, 0.6) is 0 Å². The van der Waals surface area contributed by atoms with Crippen molar-refractivity contribution in [3.05, 3.63) is 77.4 Å². The monoisotopic (exact) mass is 464 g/mol. The highest BCUT2D eigenvalue weighted by molar-refractivity contribution is 7.99. The summed E-state index contributed by atoms with van der Waals surface area (Å²) in [6.07, 6.45) is 1.61. The summed E-state index contributed by atoms with van der Waals surface area (Å²) in [6, 6.07) is 19.2. The average molecular weight is 465 g/mol. The Morgan fingerprint density at radius 2 is 1.78 bits per heavy atom. The summed E-state index contributed by atoms with van der Waals surface area (Å²) >= 11 is 2.63. The zero-order valence-electron chi connectivity index (χ0n) is 17.4. The maximum atomic E-state index is 12.7. The summed E-state index contributed by atoms with van der Waals surface area (Å²) in [7, 11) is 1.34. The number of hydrogen-bond acceptors (Lipinski definition) is 7. The Morgan fingerprint density at radius 3 is 2.47 bits per heavy atom. The van der Waals surface area contributed by atoms with Crippen LogP contribution in [0.25, 0.3) is 16.8 Å². The first-order chi connectivity index (χ1) is 15.6. The minimum absolute atomic E-state index is 0.115. The second-order valence-corrected chi connectivity index (χ2v) is 8.92. The topological polar surface area (TPSA) is 86.1 Å². The van der Waals surface area contributed by atoms with Gasteiger partial charge in [0, 0.05) is 16.1 Å². The molecule has 0 aliphatic rings. The quantitative estimate of drug-likeness (QED) is 0.312. The minimum Gasteiger partial charge on any atom is -0.465 e. The van der Waals surface area contributed by atoms with E-state index < -0.39 is 5.97 Å². The Kier molecular flexibility index (Phi) is 6.67. The minimum atomic E-state index is -0.486. The van der Waals surface area contributed by atoms with E-state index in [9.17, 15) is 9.59 Å². The summed E-state index contributed by atoms with van der Waals surface area (Å²) in [5.74, 6) is -0.618. The van der Waals surface area contributed by atoms with Gasteiger partial charge < -0.3 is 10.1 Å². The number of para-hydroxylation sites is 1. The van der Waals surface area contributed by atoms with Gasteiger partial charge in [0.05, 0.1) is 12.9 Å². The number of nitrogens with one attached hydrogen (secondary N) is 1. The van der Waals surface area contributed by atoms with E-state index in [1.165, 1.54) is 30.2 Å². The summed E-state index contributed by atoms with van der Waals surface area (Å²) in [4.78, 5) is 26.2. The second kappa shape index (κ2) is 9.80. The molecule has 7 nitrogen and oxygen atoms in total. The number of benzene rings is 2. The first kappa shape index (κ1) is 21.8. The van der Waals surface area contributed by atoms with Gasteiger partial charge in [0.25, 0.3) is 0 Å². The van der Waals surface area contributed by atoms with Crippen molar-refractivity contribution in [3.63, 3.8) is 0 Å². The van der Waals surface area contributed by atoms with Gasteiger partial charge in [-0.15, -0.1) is 21.5 Å². The molecule has 0 bridgehead atoms. The fraction of sp³-hybridized carbons (Fsp3) is 0.130. The maximum absolute atomic E-state index is 12.7. The highest BCUT2D eigenvalue weighted by atomic mass is 32.2. The van der Waals surface area contributed by atoms with E-state index in [4.69, 9.17) is 4.74 Å². The smallest absolute Gasteiger partial charge is 0.341 e. The van der Waals surface area contributed by atoms with Crippen molar-refractivity contribution in [1.29, 1.82) is 0 Å². The van der Waals surface area contributed by atoms with Crippen LogP contribution in [0.1, 0.15) is 15.2 Å². The van der Waals surface area contributed by atoms with Crippen LogP contribution in [-0.2, 0) is 9.53 Å². The molecule has 0 atom stereocenters.